The molecule has 2 aromatic rings. The Labute approximate surface area is 175 Å². The Balaban J connectivity index is 2.02. The summed E-state index contributed by atoms with van der Waals surface area (Å²) in [6.07, 6.45) is 1.54. The third kappa shape index (κ3) is 5.97. The zero-order valence-electron chi connectivity index (χ0n) is 17.3. The van der Waals surface area contributed by atoms with Crippen LogP contribution in [0.2, 0.25) is 0 Å². The number of hydrogen-bond acceptors (Lipinski definition) is 6. The summed E-state index contributed by atoms with van der Waals surface area (Å²) < 4.78 is 15.5. The molecule has 0 aliphatic heterocycles. The van der Waals surface area contributed by atoms with Crippen LogP contribution >= 0.6 is 0 Å². The van der Waals surface area contributed by atoms with Gasteiger partial charge in [-0.3, -0.25) is 9.59 Å². The standard InChI is InChI=1S/C22H26N2O6/c1-4-14-7-6-8-15(5-2)21(14)24-20(26)13-30-22(27)16-9-10-17(18(11-16)28-3)29-12-19(23)25/h6-11H,4-5,12-13H2,1-3H3,(H2,23,25)(H,24,26). The Morgan fingerprint density at radius 2 is 1.63 bits per heavy atom. The second-order valence-electron chi connectivity index (χ2n) is 6.40. The minimum Gasteiger partial charge on any atom is -0.493 e. The third-order valence-corrected chi connectivity index (χ3v) is 4.37. The van der Waals surface area contributed by atoms with Crippen molar-refractivity contribution < 1.29 is 28.6 Å². The summed E-state index contributed by atoms with van der Waals surface area (Å²) in [5, 5.41) is 2.84. The van der Waals surface area contributed by atoms with E-state index in [1.54, 1.807) is 0 Å². The van der Waals surface area contributed by atoms with Crippen LogP contribution in [0.4, 0.5) is 5.69 Å². The van der Waals surface area contributed by atoms with Gasteiger partial charge in [0, 0.05) is 5.69 Å². The highest BCUT2D eigenvalue weighted by Gasteiger charge is 2.16. The monoisotopic (exact) mass is 414 g/mol. The Kier molecular flexibility index (Phi) is 8.22. The largest absolute Gasteiger partial charge is 0.493 e. The van der Waals surface area contributed by atoms with Gasteiger partial charge in [-0.2, -0.15) is 0 Å². The molecule has 0 fully saturated rings. The lowest BCUT2D eigenvalue weighted by Crippen LogP contribution is -2.22. The quantitative estimate of drug-likeness (QED) is 0.577. The van der Waals surface area contributed by atoms with Gasteiger partial charge in [-0.05, 0) is 42.2 Å². The maximum absolute atomic E-state index is 12.3. The summed E-state index contributed by atoms with van der Waals surface area (Å²) in [4.78, 5) is 35.5. The number of hydrogen-bond donors (Lipinski definition) is 2. The molecule has 0 saturated carbocycles. The summed E-state index contributed by atoms with van der Waals surface area (Å²) in [6.45, 7) is 3.27. The van der Waals surface area contributed by atoms with E-state index in [0.717, 1.165) is 29.7 Å². The van der Waals surface area contributed by atoms with E-state index in [0.29, 0.717) is 0 Å². The fourth-order valence-electron chi connectivity index (χ4n) is 2.86. The SMILES string of the molecule is CCc1cccc(CC)c1NC(=O)COC(=O)c1ccc(OCC(N)=O)c(OC)c1. The van der Waals surface area contributed by atoms with Crippen molar-refractivity contribution in [3.05, 3.63) is 53.1 Å². The number of carbonyl (C=O) groups excluding carboxylic acids is 3. The smallest absolute Gasteiger partial charge is 0.338 e. The van der Waals surface area contributed by atoms with Crippen LogP contribution < -0.4 is 20.5 Å². The van der Waals surface area contributed by atoms with Gasteiger partial charge in [0.15, 0.2) is 24.7 Å². The highest BCUT2D eigenvalue weighted by Crippen LogP contribution is 2.28. The zero-order valence-corrected chi connectivity index (χ0v) is 17.3. The van der Waals surface area contributed by atoms with Gasteiger partial charge in [-0.1, -0.05) is 32.0 Å². The number of nitrogens with two attached hydrogens (primary N) is 1. The number of ether oxygens (including phenoxy) is 3. The van der Waals surface area contributed by atoms with E-state index < -0.39 is 24.4 Å². The number of amides is 2. The van der Waals surface area contributed by atoms with E-state index in [2.05, 4.69) is 5.32 Å². The molecule has 0 aliphatic carbocycles. The molecule has 0 radical (unpaired) electrons. The topological polar surface area (TPSA) is 117 Å². The molecule has 0 spiro atoms. The fraction of sp³-hybridized carbons (Fsp3) is 0.318. The van der Waals surface area contributed by atoms with Crippen LogP contribution in [-0.2, 0) is 27.2 Å². The van der Waals surface area contributed by atoms with Gasteiger partial charge < -0.3 is 25.3 Å². The van der Waals surface area contributed by atoms with Gasteiger partial charge in [0.1, 0.15) is 0 Å². The van der Waals surface area contributed by atoms with Crippen LogP contribution in [0.3, 0.4) is 0 Å². The highest BCUT2D eigenvalue weighted by molar-refractivity contribution is 5.96. The second kappa shape index (κ2) is 10.8. The lowest BCUT2D eigenvalue weighted by Gasteiger charge is -2.14. The number of esters is 1. The van der Waals surface area contributed by atoms with Crippen molar-refractivity contribution in [3.63, 3.8) is 0 Å². The summed E-state index contributed by atoms with van der Waals surface area (Å²) in [5.41, 5.74) is 8.03. The molecule has 160 valence electrons. The molecule has 8 heteroatoms. The van der Waals surface area contributed by atoms with Crippen molar-refractivity contribution in [3.8, 4) is 11.5 Å². The average Bonchev–Trinajstić information content (AvgIpc) is 2.75. The number of methoxy groups -OCH3 is 1. The Hall–Kier alpha value is -3.55. The summed E-state index contributed by atoms with van der Waals surface area (Å²) >= 11 is 0. The van der Waals surface area contributed by atoms with E-state index in [-0.39, 0.29) is 23.7 Å². The molecular formula is C22H26N2O6. The molecular weight excluding hydrogens is 388 g/mol. The van der Waals surface area contributed by atoms with E-state index in [9.17, 15) is 14.4 Å². The number of rotatable bonds is 10. The number of carbonyl (C=O) groups is 3. The first-order valence-corrected chi connectivity index (χ1v) is 9.56. The molecule has 0 atom stereocenters. The average molecular weight is 414 g/mol. The highest BCUT2D eigenvalue weighted by atomic mass is 16.5. The maximum atomic E-state index is 12.3. The van der Waals surface area contributed by atoms with Crippen molar-refractivity contribution >= 4 is 23.5 Å². The summed E-state index contributed by atoms with van der Waals surface area (Å²) in [7, 11) is 1.39. The molecule has 0 unspecified atom stereocenters. The minimum atomic E-state index is -0.690. The summed E-state index contributed by atoms with van der Waals surface area (Å²) in [5.74, 6) is -1.26. The number of primary amides is 1. The predicted molar refractivity (Wildman–Crippen MR) is 112 cm³/mol. The fourth-order valence-corrected chi connectivity index (χ4v) is 2.86. The lowest BCUT2D eigenvalue weighted by molar-refractivity contribution is -0.120. The van der Waals surface area contributed by atoms with Crippen molar-refractivity contribution in [2.24, 2.45) is 5.73 Å². The van der Waals surface area contributed by atoms with Gasteiger partial charge in [-0.25, -0.2) is 4.79 Å². The normalized spacial score (nSPS) is 10.2. The Bertz CT molecular complexity index is 904. The molecule has 2 rings (SSSR count). The molecule has 0 saturated heterocycles. The van der Waals surface area contributed by atoms with Crippen molar-refractivity contribution in [1.82, 2.24) is 0 Å². The van der Waals surface area contributed by atoms with Crippen LogP contribution in [0.25, 0.3) is 0 Å². The van der Waals surface area contributed by atoms with Crippen molar-refractivity contribution in [2.75, 3.05) is 25.6 Å². The first-order chi connectivity index (χ1) is 14.4. The number of aryl methyl sites for hydroxylation is 2. The van der Waals surface area contributed by atoms with E-state index in [1.807, 2.05) is 32.0 Å². The zero-order chi connectivity index (χ0) is 22.1. The number of para-hydroxylation sites is 1. The molecule has 3 N–H and O–H groups in total. The lowest BCUT2D eigenvalue weighted by atomic mass is 10.0. The Morgan fingerprint density at radius 1 is 0.967 bits per heavy atom. The van der Waals surface area contributed by atoms with Crippen LogP contribution in [0.15, 0.2) is 36.4 Å². The minimum absolute atomic E-state index is 0.175. The second-order valence-corrected chi connectivity index (χ2v) is 6.40. The molecule has 0 bridgehead atoms. The molecule has 0 aliphatic rings. The first-order valence-electron chi connectivity index (χ1n) is 9.56. The van der Waals surface area contributed by atoms with E-state index >= 15 is 0 Å². The Morgan fingerprint density at radius 3 is 2.20 bits per heavy atom. The molecule has 30 heavy (non-hydrogen) atoms. The summed E-state index contributed by atoms with van der Waals surface area (Å²) in [6, 6.07) is 10.2. The number of nitrogens with one attached hydrogen (secondary N) is 1. The van der Waals surface area contributed by atoms with Gasteiger partial charge in [0.05, 0.1) is 12.7 Å². The van der Waals surface area contributed by atoms with Gasteiger partial charge in [-0.15, -0.1) is 0 Å². The van der Waals surface area contributed by atoms with Crippen molar-refractivity contribution in [2.45, 2.75) is 26.7 Å². The van der Waals surface area contributed by atoms with Crippen molar-refractivity contribution in [1.29, 1.82) is 0 Å². The van der Waals surface area contributed by atoms with Crippen LogP contribution in [0, 0.1) is 0 Å². The van der Waals surface area contributed by atoms with Gasteiger partial charge in [0.25, 0.3) is 11.8 Å². The van der Waals surface area contributed by atoms with Crippen LogP contribution in [0.5, 0.6) is 11.5 Å². The first kappa shape index (κ1) is 22.7. The number of benzene rings is 2. The third-order valence-electron chi connectivity index (χ3n) is 4.37. The van der Waals surface area contributed by atoms with Gasteiger partial charge >= 0.3 is 5.97 Å². The van der Waals surface area contributed by atoms with E-state index in [1.165, 1.54) is 25.3 Å². The van der Waals surface area contributed by atoms with Crippen LogP contribution in [0.1, 0.15) is 35.3 Å². The molecule has 0 heterocycles. The molecule has 0 aromatic heterocycles. The maximum Gasteiger partial charge on any atom is 0.338 e. The van der Waals surface area contributed by atoms with Crippen LogP contribution in [-0.4, -0.2) is 38.1 Å². The number of anilines is 1. The van der Waals surface area contributed by atoms with E-state index in [4.69, 9.17) is 19.9 Å². The van der Waals surface area contributed by atoms with Gasteiger partial charge in [0.2, 0.25) is 0 Å². The predicted octanol–water partition coefficient (Wildman–Crippen LogP) is 2.48. The molecule has 2 amide bonds. The molecule has 8 nitrogen and oxygen atoms in total. The molecule has 2 aromatic carbocycles.